The molecular formula is C24H25F2N5O3S. The van der Waals surface area contributed by atoms with E-state index in [2.05, 4.69) is 20.8 Å². The number of nitrogens with one attached hydrogen (secondary N) is 2. The minimum atomic E-state index is -0.854. The second-order valence-electron chi connectivity index (χ2n) is 7.77. The molecule has 0 aliphatic carbocycles. The van der Waals surface area contributed by atoms with Gasteiger partial charge in [-0.15, -0.1) is 10.2 Å². The van der Waals surface area contributed by atoms with Gasteiger partial charge in [0.2, 0.25) is 11.8 Å². The lowest BCUT2D eigenvalue weighted by Gasteiger charge is -2.14. The second-order valence-corrected chi connectivity index (χ2v) is 8.94. The average Bonchev–Trinajstić information content (AvgIpc) is 3.17. The summed E-state index contributed by atoms with van der Waals surface area (Å²) in [5.74, 6) is -1.84. The average molecular weight is 502 g/mol. The highest BCUT2D eigenvalue weighted by molar-refractivity contribution is 8.00. The first-order valence-electron chi connectivity index (χ1n) is 10.9. The molecule has 0 fully saturated rings. The molecule has 1 aromatic heterocycles. The quantitative estimate of drug-likeness (QED) is 0.316. The zero-order valence-corrected chi connectivity index (χ0v) is 20.3. The number of aryl methyl sites for hydroxylation is 1. The van der Waals surface area contributed by atoms with E-state index in [-0.39, 0.29) is 30.2 Å². The maximum absolute atomic E-state index is 13.7. The number of anilines is 2. The van der Waals surface area contributed by atoms with Crippen molar-refractivity contribution in [3.05, 3.63) is 65.5 Å². The molecule has 0 radical (unpaired) electrons. The van der Waals surface area contributed by atoms with Crippen LogP contribution in [0.1, 0.15) is 42.9 Å². The Morgan fingerprint density at radius 3 is 2.54 bits per heavy atom. The van der Waals surface area contributed by atoms with Crippen LogP contribution >= 0.6 is 11.8 Å². The van der Waals surface area contributed by atoms with Crippen molar-refractivity contribution >= 4 is 40.7 Å². The summed E-state index contributed by atoms with van der Waals surface area (Å²) in [7, 11) is 1.73. The number of Topliss-reactive ketones (excluding diaryl/α,β-unsaturated/α-hetero) is 1. The van der Waals surface area contributed by atoms with Crippen molar-refractivity contribution in [2.24, 2.45) is 7.05 Å². The van der Waals surface area contributed by atoms with E-state index in [0.29, 0.717) is 34.7 Å². The number of hydrogen-bond donors (Lipinski definition) is 2. The van der Waals surface area contributed by atoms with Crippen LogP contribution in [0.5, 0.6) is 0 Å². The van der Waals surface area contributed by atoms with Crippen molar-refractivity contribution in [1.82, 2.24) is 14.8 Å². The molecule has 2 aromatic carbocycles. The molecule has 11 heteroatoms. The first kappa shape index (κ1) is 26.0. The molecule has 8 nitrogen and oxygen atoms in total. The Hall–Kier alpha value is -3.60. The van der Waals surface area contributed by atoms with E-state index in [0.717, 1.165) is 12.1 Å². The standard InChI is InChI=1S/C24H25F2N5O3S/c1-4-20(23(34)27-17-7-5-6-15(12-17)14(2)32)35-24-30-29-21(31(24)3)10-11-22(33)28-19-9-8-16(25)13-18(19)26/h5-9,12-13,20H,4,10-11H2,1-3H3,(H,27,34)(H,28,33). The highest BCUT2D eigenvalue weighted by Gasteiger charge is 2.22. The lowest BCUT2D eigenvalue weighted by Crippen LogP contribution is -2.25. The molecule has 0 saturated heterocycles. The van der Waals surface area contributed by atoms with Gasteiger partial charge in [0.1, 0.15) is 17.5 Å². The summed E-state index contributed by atoms with van der Waals surface area (Å²) in [5.41, 5.74) is 0.938. The molecule has 2 amide bonds. The minimum absolute atomic E-state index is 0.0115. The molecule has 35 heavy (non-hydrogen) atoms. The number of aromatic nitrogens is 3. The smallest absolute Gasteiger partial charge is 0.237 e. The van der Waals surface area contributed by atoms with E-state index in [1.807, 2.05) is 6.92 Å². The summed E-state index contributed by atoms with van der Waals surface area (Å²) < 4.78 is 28.4. The predicted molar refractivity (Wildman–Crippen MR) is 129 cm³/mol. The summed E-state index contributed by atoms with van der Waals surface area (Å²) in [5, 5.41) is 13.5. The largest absolute Gasteiger partial charge is 0.325 e. The number of nitrogens with zero attached hydrogens (tertiary/aromatic N) is 3. The molecule has 184 valence electrons. The number of amides is 2. The molecule has 1 heterocycles. The Labute approximate surface area is 205 Å². The van der Waals surface area contributed by atoms with Crippen LogP contribution in [0.25, 0.3) is 0 Å². The van der Waals surface area contributed by atoms with Crippen molar-refractivity contribution in [3.8, 4) is 0 Å². The Morgan fingerprint density at radius 1 is 1.09 bits per heavy atom. The molecule has 0 saturated carbocycles. The maximum Gasteiger partial charge on any atom is 0.237 e. The van der Waals surface area contributed by atoms with Crippen molar-refractivity contribution in [2.45, 2.75) is 43.5 Å². The van der Waals surface area contributed by atoms with Gasteiger partial charge in [0.05, 0.1) is 10.9 Å². The van der Waals surface area contributed by atoms with Gasteiger partial charge in [-0.2, -0.15) is 0 Å². The van der Waals surface area contributed by atoms with Crippen molar-refractivity contribution in [3.63, 3.8) is 0 Å². The van der Waals surface area contributed by atoms with Crippen LogP contribution < -0.4 is 10.6 Å². The molecule has 1 atom stereocenters. The normalized spacial score (nSPS) is 11.7. The maximum atomic E-state index is 13.7. The first-order valence-corrected chi connectivity index (χ1v) is 11.8. The number of thioether (sulfide) groups is 1. The van der Waals surface area contributed by atoms with Gasteiger partial charge in [0, 0.05) is 37.2 Å². The highest BCUT2D eigenvalue weighted by Crippen LogP contribution is 2.26. The summed E-state index contributed by atoms with van der Waals surface area (Å²) in [6, 6.07) is 9.64. The number of rotatable bonds is 10. The van der Waals surface area contributed by atoms with Crippen molar-refractivity contribution in [1.29, 1.82) is 0 Å². The third-order valence-electron chi connectivity index (χ3n) is 5.15. The van der Waals surface area contributed by atoms with Crippen LogP contribution in [0.3, 0.4) is 0 Å². The number of carbonyl (C=O) groups excluding carboxylic acids is 3. The zero-order chi connectivity index (χ0) is 25.5. The van der Waals surface area contributed by atoms with Gasteiger partial charge in [-0.05, 0) is 37.6 Å². The number of ketones is 1. The van der Waals surface area contributed by atoms with Crippen LogP contribution in [0.4, 0.5) is 20.2 Å². The first-order chi connectivity index (χ1) is 16.7. The van der Waals surface area contributed by atoms with Gasteiger partial charge in [-0.25, -0.2) is 8.78 Å². The number of hydrogen-bond acceptors (Lipinski definition) is 6. The van der Waals surface area contributed by atoms with Gasteiger partial charge >= 0.3 is 0 Å². The minimum Gasteiger partial charge on any atom is -0.325 e. The lowest BCUT2D eigenvalue weighted by atomic mass is 10.1. The second kappa shape index (κ2) is 11.7. The van der Waals surface area contributed by atoms with E-state index < -0.39 is 22.8 Å². The molecule has 3 aromatic rings. The fourth-order valence-corrected chi connectivity index (χ4v) is 4.12. The Kier molecular flexibility index (Phi) is 8.69. The van der Waals surface area contributed by atoms with Crippen molar-refractivity contribution in [2.75, 3.05) is 10.6 Å². The van der Waals surface area contributed by atoms with Crippen molar-refractivity contribution < 1.29 is 23.2 Å². The van der Waals surface area contributed by atoms with Gasteiger partial charge in [0.25, 0.3) is 0 Å². The molecule has 0 aliphatic rings. The fraction of sp³-hybridized carbons (Fsp3) is 0.292. The Morgan fingerprint density at radius 2 is 1.86 bits per heavy atom. The van der Waals surface area contributed by atoms with Crippen LogP contribution in [0, 0.1) is 11.6 Å². The van der Waals surface area contributed by atoms with E-state index in [1.54, 1.807) is 35.9 Å². The van der Waals surface area contributed by atoms with E-state index >= 15 is 0 Å². The fourth-order valence-electron chi connectivity index (χ4n) is 3.18. The molecule has 2 N–H and O–H groups in total. The third kappa shape index (κ3) is 6.95. The Bertz CT molecular complexity index is 1250. The lowest BCUT2D eigenvalue weighted by molar-refractivity contribution is -0.116. The highest BCUT2D eigenvalue weighted by atomic mass is 32.2. The monoisotopic (exact) mass is 501 g/mol. The van der Waals surface area contributed by atoms with Gasteiger partial charge in [-0.1, -0.05) is 30.8 Å². The van der Waals surface area contributed by atoms with Crippen LogP contribution in [0.15, 0.2) is 47.6 Å². The molecule has 3 rings (SSSR count). The molecule has 0 spiro atoms. The molecule has 0 bridgehead atoms. The van der Waals surface area contributed by atoms with Gasteiger partial charge < -0.3 is 15.2 Å². The molecular weight excluding hydrogens is 476 g/mol. The number of halogens is 2. The summed E-state index contributed by atoms with van der Waals surface area (Å²) >= 11 is 1.24. The summed E-state index contributed by atoms with van der Waals surface area (Å²) in [4.78, 5) is 36.6. The van der Waals surface area contributed by atoms with Crippen LogP contribution in [0.2, 0.25) is 0 Å². The van der Waals surface area contributed by atoms with Gasteiger partial charge in [-0.3, -0.25) is 14.4 Å². The van der Waals surface area contributed by atoms with Crippen LogP contribution in [-0.2, 0) is 23.1 Å². The topological polar surface area (TPSA) is 106 Å². The number of benzene rings is 2. The number of carbonyl (C=O) groups is 3. The van der Waals surface area contributed by atoms with E-state index in [1.165, 1.54) is 18.7 Å². The Balaban J connectivity index is 1.58. The van der Waals surface area contributed by atoms with E-state index in [4.69, 9.17) is 0 Å². The SMILES string of the molecule is CCC(Sc1nnc(CCC(=O)Nc2ccc(F)cc2F)n1C)C(=O)Nc1cccc(C(C)=O)c1. The van der Waals surface area contributed by atoms with E-state index in [9.17, 15) is 23.2 Å². The summed E-state index contributed by atoms with van der Waals surface area (Å²) in [6.45, 7) is 3.33. The molecule has 0 aliphatic heterocycles. The third-order valence-corrected chi connectivity index (χ3v) is 6.55. The molecule has 1 unspecified atom stereocenters. The van der Waals surface area contributed by atoms with Crippen LogP contribution in [-0.4, -0.2) is 37.6 Å². The predicted octanol–water partition coefficient (Wildman–Crippen LogP) is 4.38. The zero-order valence-electron chi connectivity index (χ0n) is 19.5. The summed E-state index contributed by atoms with van der Waals surface area (Å²) in [6.07, 6.45) is 0.772. The van der Waals surface area contributed by atoms with Gasteiger partial charge in [0.15, 0.2) is 10.9 Å².